The summed E-state index contributed by atoms with van der Waals surface area (Å²) in [5, 5.41) is 4.78. The molecule has 0 amide bonds. The number of fused-ring (bicyclic) bond motifs is 1. The summed E-state index contributed by atoms with van der Waals surface area (Å²) in [5.41, 5.74) is 5.89. The summed E-state index contributed by atoms with van der Waals surface area (Å²) in [5.74, 6) is 0. The summed E-state index contributed by atoms with van der Waals surface area (Å²) in [6.45, 7) is 6.53. The summed E-state index contributed by atoms with van der Waals surface area (Å²) >= 11 is 0. The minimum atomic E-state index is 0.806. The first kappa shape index (κ1) is 16.9. The molecule has 1 fully saturated rings. The second kappa shape index (κ2) is 7.75. The van der Waals surface area contributed by atoms with E-state index in [1.54, 1.807) is 0 Å². The number of aromatic nitrogens is 1. The van der Waals surface area contributed by atoms with E-state index in [9.17, 15) is 0 Å². The van der Waals surface area contributed by atoms with Crippen molar-refractivity contribution in [2.75, 3.05) is 36.5 Å². The molecule has 4 rings (SSSR count). The van der Waals surface area contributed by atoms with E-state index >= 15 is 0 Å². The van der Waals surface area contributed by atoms with Crippen LogP contribution < -0.4 is 10.2 Å². The highest BCUT2D eigenvalue weighted by Gasteiger charge is 2.11. The standard InChI is InChI=1S/C22H25N3O/c1-2-18-15-22(20-5-3-4-6-21(20)24-18)23-16-17-7-9-19(10-8-17)25-11-13-26-14-12-25/h3-10,15H,2,11-14,16H2,1H3,(H,23,24). The highest BCUT2D eigenvalue weighted by atomic mass is 16.5. The number of ether oxygens (including phenoxy) is 1. The van der Waals surface area contributed by atoms with Crippen LogP contribution in [0.4, 0.5) is 11.4 Å². The fourth-order valence-corrected chi connectivity index (χ4v) is 3.40. The third-order valence-electron chi connectivity index (χ3n) is 4.93. The number of nitrogens with one attached hydrogen (secondary N) is 1. The zero-order chi connectivity index (χ0) is 17.8. The minimum Gasteiger partial charge on any atom is -0.380 e. The average Bonchev–Trinajstić information content (AvgIpc) is 2.73. The van der Waals surface area contributed by atoms with Gasteiger partial charge in [0.1, 0.15) is 0 Å². The van der Waals surface area contributed by atoms with Crippen molar-refractivity contribution in [1.29, 1.82) is 0 Å². The third kappa shape index (κ3) is 3.65. The largest absolute Gasteiger partial charge is 0.380 e. The first-order valence-electron chi connectivity index (χ1n) is 9.37. The Morgan fingerprint density at radius 1 is 1.04 bits per heavy atom. The first-order chi connectivity index (χ1) is 12.8. The van der Waals surface area contributed by atoms with Gasteiger partial charge in [-0.3, -0.25) is 4.98 Å². The highest BCUT2D eigenvalue weighted by molar-refractivity contribution is 5.91. The van der Waals surface area contributed by atoms with Gasteiger partial charge in [0.15, 0.2) is 0 Å². The number of aryl methyl sites for hydroxylation is 1. The van der Waals surface area contributed by atoms with Crippen molar-refractivity contribution in [1.82, 2.24) is 4.98 Å². The second-order valence-electron chi connectivity index (χ2n) is 6.65. The van der Waals surface area contributed by atoms with E-state index in [2.05, 4.69) is 65.7 Å². The lowest BCUT2D eigenvalue weighted by Gasteiger charge is -2.28. The predicted octanol–water partition coefficient (Wildman–Crippen LogP) is 4.25. The number of nitrogens with zero attached hydrogens (tertiary/aromatic N) is 2. The number of hydrogen-bond acceptors (Lipinski definition) is 4. The Balaban J connectivity index is 1.49. The quantitative estimate of drug-likeness (QED) is 0.749. The molecule has 26 heavy (non-hydrogen) atoms. The molecule has 134 valence electrons. The van der Waals surface area contributed by atoms with Gasteiger partial charge in [0.25, 0.3) is 0 Å². The third-order valence-corrected chi connectivity index (χ3v) is 4.93. The maximum absolute atomic E-state index is 5.43. The minimum absolute atomic E-state index is 0.806. The Labute approximate surface area is 154 Å². The number of morpholine rings is 1. The van der Waals surface area contributed by atoms with Gasteiger partial charge in [-0.2, -0.15) is 0 Å². The zero-order valence-corrected chi connectivity index (χ0v) is 15.2. The van der Waals surface area contributed by atoms with Crippen LogP contribution in [-0.2, 0) is 17.7 Å². The maximum Gasteiger partial charge on any atom is 0.0726 e. The Morgan fingerprint density at radius 2 is 1.81 bits per heavy atom. The molecule has 0 aliphatic carbocycles. The molecule has 0 radical (unpaired) electrons. The predicted molar refractivity (Wildman–Crippen MR) is 108 cm³/mol. The molecule has 1 aliphatic rings. The van der Waals surface area contributed by atoms with Crippen LogP contribution in [0.1, 0.15) is 18.2 Å². The monoisotopic (exact) mass is 347 g/mol. The van der Waals surface area contributed by atoms with Crippen LogP contribution in [0, 0.1) is 0 Å². The van der Waals surface area contributed by atoms with Crippen LogP contribution in [0.15, 0.2) is 54.6 Å². The van der Waals surface area contributed by atoms with Gasteiger partial charge in [0.05, 0.1) is 18.7 Å². The number of hydrogen-bond donors (Lipinski definition) is 1. The van der Waals surface area contributed by atoms with Gasteiger partial charge >= 0.3 is 0 Å². The zero-order valence-electron chi connectivity index (χ0n) is 15.2. The normalized spacial score (nSPS) is 14.6. The Hall–Kier alpha value is -2.59. The molecule has 0 spiro atoms. The van der Waals surface area contributed by atoms with Crippen molar-refractivity contribution in [2.24, 2.45) is 0 Å². The van der Waals surface area contributed by atoms with Crippen molar-refractivity contribution in [3.05, 3.63) is 65.9 Å². The molecule has 0 unspecified atom stereocenters. The summed E-state index contributed by atoms with van der Waals surface area (Å²) in [6.07, 6.45) is 0.938. The number of rotatable bonds is 5. The van der Waals surface area contributed by atoms with Crippen molar-refractivity contribution in [3.8, 4) is 0 Å². The first-order valence-corrected chi connectivity index (χ1v) is 9.37. The average molecular weight is 347 g/mol. The molecule has 1 aromatic heterocycles. The molecular formula is C22H25N3O. The Kier molecular flexibility index (Phi) is 5.02. The van der Waals surface area contributed by atoms with E-state index in [0.29, 0.717) is 0 Å². The molecule has 2 aromatic carbocycles. The number of pyridine rings is 1. The topological polar surface area (TPSA) is 37.4 Å². The lowest BCUT2D eigenvalue weighted by atomic mass is 10.1. The van der Waals surface area contributed by atoms with Gasteiger partial charge in [0, 0.05) is 42.1 Å². The van der Waals surface area contributed by atoms with E-state index in [1.807, 2.05) is 6.07 Å². The van der Waals surface area contributed by atoms with Crippen LogP contribution >= 0.6 is 0 Å². The molecular weight excluding hydrogens is 322 g/mol. The van der Waals surface area contributed by atoms with Crippen molar-refractivity contribution < 1.29 is 4.74 Å². The molecule has 0 bridgehead atoms. The highest BCUT2D eigenvalue weighted by Crippen LogP contribution is 2.24. The van der Waals surface area contributed by atoms with Gasteiger partial charge in [0.2, 0.25) is 0 Å². The van der Waals surface area contributed by atoms with Gasteiger partial charge in [-0.15, -0.1) is 0 Å². The second-order valence-corrected chi connectivity index (χ2v) is 6.65. The smallest absolute Gasteiger partial charge is 0.0726 e. The van der Waals surface area contributed by atoms with E-state index in [4.69, 9.17) is 9.72 Å². The van der Waals surface area contributed by atoms with Crippen LogP contribution in [0.2, 0.25) is 0 Å². The van der Waals surface area contributed by atoms with E-state index < -0.39 is 0 Å². The molecule has 1 saturated heterocycles. The molecule has 4 heteroatoms. The number of para-hydroxylation sites is 1. The summed E-state index contributed by atoms with van der Waals surface area (Å²) in [4.78, 5) is 7.10. The molecule has 1 aliphatic heterocycles. The summed E-state index contributed by atoms with van der Waals surface area (Å²) in [6, 6.07) is 19.3. The van der Waals surface area contributed by atoms with E-state index in [-0.39, 0.29) is 0 Å². The molecule has 0 saturated carbocycles. The van der Waals surface area contributed by atoms with Crippen LogP contribution in [0.25, 0.3) is 10.9 Å². The van der Waals surface area contributed by atoms with Crippen molar-refractivity contribution >= 4 is 22.3 Å². The van der Waals surface area contributed by atoms with Crippen LogP contribution in [0.3, 0.4) is 0 Å². The van der Waals surface area contributed by atoms with Crippen LogP contribution in [-0.4, -0.2) is 31.3 Å². The summed E-state index contributed by atoms with van der Waals surface area (Å²) in [7, 11) is 0. The van der Waals surface area contributed by atoms with Crippen LogP contribution in [0.5, 0.6) is 0 Å². The molecule has 1 N–H and O–H groups in total. The lowest BCUT2D eigenvalue weighted by molar-refractivity contribution is 0.122. The summed E-state index contributed by atoms with van der Waals surface area (Å²) < 4.78 is 5.43. The number of anilines is 2. The van der Waals surface area contributed by atoms with Crippen molar-refractivity contribution in [3.63, 3.8) is 0 Å². The maximum atomic E-state index is 5.43. The Morgan fingerprint density at radius 3 is 2.58 bits per heavy atom. The molecule has 3 aromatic rings. The number of benzene rings is 2. The molecule has 2 heterocycles. The lowest BCUT2D eigenvalue weighted by Crippen LogP contribution is -2.36. The van der Waals surface area contributed by atoms with Gasteiger partial charge in [-0.05, 0) is 36.2 Å². The SMILES string of the molecule is CCc1cc(NCc2ccc(N3CCOCC3)cc2)c2ccccc2n1. The van der Waals surface area contributed by atoms with E-state index in [0.717, 1.165) is 56.2 Å². The van der Waals surface area contributed by atoms with Gasteiger partial charge < -0.3 is 15.0 Å². The Bertz CT molecular complexity index is 870. The molecule has 0 atom stereocenters. The fraction of sp³-hybridized carbons (Fsp3) is 0.318. The van der Waals surface area contributed by atoms with Gasteiger partial charge in [-0.25, -0.2) is 0 Å². The molecule has 4 nitrogen and oxygen atoms in total. The van der Waals surface area contributed by atoms with E-state index in [1.165, 1.54) is 16.6 Å². The van der Waals surface area contributed by atoms with Gasteiger partial charge in [-0.1, -0.05) is 37.3 Å². The fourth-order valence-electron chi connectivity index (χ4n) is 3.40. The van der Waals surface area contributed by atoms with Crippen molar-refractivity contribution in [2.45, 2.75) is 19.9 Å².